The molecule has 0 fully saturated rings. The second-order valence-electron chi connectivity index (χ2n) is 4.80. The Bertz CT molecular complexity index is 856. The summed E-state index contributed by atoms with van der Waals surface area (Å²) >= 11 is 5.80. The molecule has 1 amide bonds. The monoisotopic (exact) mass is 356 g/mol. The molecular weight excluding hydrogens is 343 g/mol. The molecule has 0 radical (unpaired) electrons. The maximum absolute atomic E-state index is 13.5. The van der Waals surface area contributed by atoms with Crippen LogP contribution in [0.1, 0.15) is 6.92 Å². The number of hydrogen-bond acceptors (Lipinski definition) is 3. The van der Waals surface area contributed by atoms with E-state index >= 15 is 0 Å². The van der Waals surface area contributed by atoms with E-state index in [-0.39, 0.29) is 27.2 Å². The highest BCUT2D eigenvalue weighted by atomic mass is 35.5. The molecule has 2 aromatic carbocycles. The molecule has 2 aromatic rings. The summed E-state index contributed by atoms with van der Waals surface area (Å²) in [6.45, 7) is 1.32. The van der Waals surface area contributed by atoms with E-state index < -0.39 is 15.8 Å². The fraction of sp³-hybridized carbons (Fsp3) is 0.133. The number of carbonyl (C=O) groups excluding carboxylic acids is 1. The number of anilines is 2. The van der Waals surface area contributed by atoms with E-state index in [1.807, 2.05) is 0 Å². The average Bonchev–Trinajstić information content (AvgIpc) is 2.46. The second kappa shape index (κ2) is 6.55. The van der Waals surface area contributed by atoms with Crippen molar-refractivity contribution in [1.29, 1.82) is 0 Å². The van der Waals surface area contributed by atoms with Gasteiger partial charge < -0.3 is 4.90 Å². The van der Waals surface area contributed by atoms with Crippen molar-refractivity contribution >= 4 is 38.9 Å². The second-order valence-corrected chi connectivity index (χ2v) is 6.92. The molecule has 23 heavy (non-hydrogen) atoms. The number of nitrogens with one attached hydrogen (secondary N) is 1. The minimum atomic E-state index is -3.97. The number of amides is 1. The van der Waals surface area contributed by atoms with Crippen LogP contribution in [-0.4, -0.2) is 21.4 Å². The molecule has 0 atom stereocenters. The quantitative estimate of drug-likeness (QED) is 0.914. The third-order valence-electron chi connectivity index (χ3n) is 3.14. The minimum Gasteiger partial charge on any atom is -0.314 e. The summed E-state index contributed by atoms with van der Waals surface area (Å²) in [6.07, 6.45) is 0. The first kappa shape index (κ1) is 17.2. The van der Waals surface area contributed by atoms with Gasteiger partial charge in [0.15, 0.2) is 0 Å². The number of carbonyl (C=O) groups is 1. The lowest BCUT2D eigenvalue weighted by atomic mass is 10.2. The molecule has 122 valence electrons. The zero-order valence-corrected chi connectivity index (χ0v) is 14.0. The Labute approximate surface area is 138 Å². The predicted molar refractivity (Wildman–Crippen MR) is 87.7 cm³/mol. The lowest BCUT2D eigenvalue weighted by Crippen LogP contribution is -2.25. The normalized spacial score (nSPS) is 11.1. The van der Waals surface area contributed by atoms with Crippen molar-refractivity contribution in [2.24, 2.45) is 0 Å². The summed E-state index contributed by atoms with van der Waals surface area (Å²) in [5.41, 5.74) is 0.201. The molecule has 0 bridgehead atoms. The smallest absolute Gasteiger partial charge is 0.262 e. The maximum Gasteiger partial charge on any atom is 0.262 e. The van der Waals surface area contributed by atoms with Crippen molar-refractivity contribution in [2.75, 3.05) is 16.7 Å². The summed E-state index contributed by atoms with van der Waals surface area (Å²) in [6, 6.07) is 9.15. The van der Waals surface area contributed by atoms with E-state index in [9.17, 15) is 17.6 Å². The highest BCUT2D eigenvalue weighted by molar-refractivity contribution is 7.92. The molecular formula is C15H14ClFN2O3S. The SMILES string of the molecule is CC(=O)N(C)c1ccc(F)cc1NS(=O)(=O)c1cccc(Cl)c1. The summed E-state index contributed by atoms with van der Waals surface area (Å²) in [4.78, 5) is 12.7. The first-order chi connectivity index (χ1) is 10.7. The lowest BCUT2D eigenvalue weighted by Gasteiger charge is -2.20. The van der Waals surface area contributed by atoms with Crippen LogP contribution >= 0.6 is 11.6 Å². The molecule has 5 nitrogen and oxygen atoms in total. The van der Waals surface area contributed by atoms with Gasteiger partial charge in [0.2, 0.25) is 5.91 Å². The van der Waals surface area contributed by atoms with Crippen LogP contribution in [0.2, 0.25) is 5.02 Å². The van der Waals surface area contributed by atoms with Crippen LogP contribution in [0.3, 0.4) is 0 Å². The van der Waals surface area contributed by atoms with E-state index in [4.69, 9.17) is 11.6 Å². The zero-order chi connectivity index (χ0) is 17.2. The zero-order valence-electron chi connectivity index (χ0n) is 12.4. The Kier molecular flexibility index (Phi) is 4.91. The van der Waals surface area contributed by atoms with Gasteiger partial charge in [-0.05, 0) is 30.3 Å². The van der Waals surface area contributed by atoms with Gasteiger partial charge in [0, 0.05) is 25.1 Å². The van der Waals surface area contributed by atoms with Gasteiger partial charge in [-0.1, -0.05) is 17.7 Å². The van der Waals surface area contributed by atoms with Crippen LogP contribution in [0.5, 0.6) is 0 Å². The summed E-state index contributed by atoms with van der Waals surface area (Å²) in [5, 5.41) is 0.258. The van der Waals surface area contributed by atoms with Crippen LogP contribution in [0, 0.1) is 5.82 Å². The molecule has 0 aliphatic carbocycles. The van der Waals surface area contributed by atoms with Gasteiger partial charge in [0.25, 0.3) is 10.0 Å². The summed E-state index contributed by atoms with van der Waals surface area (Å²) < 4.78 is 40.6. The maximum atomic E-state index is 13.5. The van der Waals surface area contributed by atoms with Crippen molar-refractivity contribution < 1.29 is 17.6 Å². The number of halogens is 2. The Morgan fingerprint density at radius 1 is 1.22 bits per heavy atom. The van der Waals surface area contributed by atoms with Gasteiger partial charge >= 0.3 is 0 Å². The van der Waals surface area contributed by atoms with Gasteiger partial charge in [0.1, 0.15) is 5.82 Å². The predicted octanol–water partition coefficient (Wildman–Crippen LogP) is 3.26. The molecule has 0 aliphatic heterocycles. The molecule has 0 saturated heterocycles. The van der Waals surface area contributed by atoms with Gasteiger partial charge in [-0.2, -0.15) is 0 Å². The summed E-state index contributed by atoms with van der Waals surface area (Å²) in [7, 11) is -2.51. The third kappa shape index (κ3) is 4.00. The van der Waals surface area contributed by atoms with Crippen molar-refractivity contribution in [1.82, 2.24) is 0 Å². The minimum absolute atomic E-state index is 0.0392. The average molecular weight is 357 g/mol. The Morgan fingerprint density at radius 3 is 2.52 bits per heavy atom. The molecule has 0 aliphatic rings. The molecule has 2 rings (SSSR count). The highest BCUT2D eigenvalue weighted by Gasteiger charge is 2.19. The van der Waals surface area contributed by atoms with Gasteiger partial charge in [-0.3, -0.25) is 9.52 Å². The van der Waals surface area contributed by atoms with Crippen LogP contribution < -0.4 is 9.62 Å². The molecule has 0 saturated carbocycles. The van der Waals surface area contributed by atoms with E-state index in [0.29, 0.717) is 0 Å². The number of sulfonamides is 1. The number of rotatable bonds is 4. The van der Waals surface area contributed by atoms with E-state index in [1.54, 1.807) is 0 Å². The number of hydrogen-bond donors (Lipinski definition) is 1. The van der Waals surface area contributed by atoms with Crippen LogP contribution in [-0.2, 0) is 14.8 Å². The number of nitrogens with zero attached hydrogens (tertiary/aromatic N) is 1. The standard InChI is InChI=1S/C15H14ClFN2O3S/c1-10(20)19(2)15-7-6-12(17)9-14(15)18-23(21,22)13-5-3-4-11(16)8-13/h3-9,18H,1-2H3. The largest absolute Gasteiger partial charge is 0.314 e. The van der Waals surface area contributed by atoms with Gasteiger partial charge in [0.05, 0.1) is 16.3 Å². The van der Waals surface area contributed by atoms with Crippen molar-refractivity contribution in [3.8, 4) is 0 Å². The highest BCUT2D eigenvalue weighted by Crippen LogP contribution is 2.29. The van der Waals surface area contributed by atoms with Crippen molar-refractivity contribution in [3.05, 3.63) is 53.3 Å². The molecule has 0 spiro atoms. The van der Waals surface area contributed by atoms with E-state index in [1.165, 1.54) is 49.2 Å². The summed E-state index contributed by atoms with van der Waals surface area (Å²) in [5.74, 6) is -0.950. The van der Waals surface area contributed by atoms with E-state index in [0.717, 1.165) is 12.1 Å². The van der Waals surface area contributed by atoms with E-state index in [2.05, 4.69) is 4.72 Å². The fourth-order valence-electron chi connectivity index (χ4n) is 1.89. The Balaban J connectivity index is 2.47. The molecule has 0 unspecified atom stereocenters. The topological polar surface area (TPSA) is 66.5 Å². The first-order valence-corrected chi connectivity index (χ1v) is 8.39. The molecule has 8 heteroatoms. The first-order valence-electron chi connectivity index (χ1n) is 6.53. The van der Waals surface area contributed by atoms with Crippen LogP contribution in [0.15, 0.2) is 47.4 Å². The fourth-order valence-corrected chi connectivity index (χ4v) is 3.26. The Hall–Kier alpha value is -2.12. The van der Waals surface area contributed by atoms with Crippen molar-refractivity contribution in [3.63, 3.8) is 0 Å². The van der Waals surface area contributed by atoms with Gasteiger partial charge in [-0.15, -0.1) is 0 Å². The molecule has 0 heterocycles. The number of benzene rings is 2. The van der Waals surface area contributed by atoms with Crippen molar-refractivity contribution in [2.45, 2.75) is 11.8 Å². The molecule has 0 aromatic heterocycles. The molecule has 1 N–H and O–H groups in total. The van der Waals surface area contributed by atoms with Crippen LogP contribution in [0.4, 0.5) is 15.8 Å². The van der Waals surface area contributed by atoms with Gasteiger partial charge in [-0.25, -0.2) is 12.8 Å². The Morgan fingerprint density at radius 2 is 1.91 bits per heavy atom. The lowest BCUT2D eigenvalue weighted by molar-refractivity contribution is -0.116. The third-order valence-corrected chi connectivity index (χ3v) is 4.74. The van der Waals surface area contributed by atoms with Crippen LogP contribution in [0.25, 0.3) is 0 Å².